The molecule has 2 rings (SSSR count). The quantitative estimate of drug-likeness (QED) is 0.783. The average Bonchev–Trinajstić information content (AvgIpc) is 2.73. The van der Waals surface area contributed by atoms with Gasteiger partial charge < -0.3 is 16.0 Å². The lowest BCUT2D eigenvalue weighted by Gasteiger charge is -2.15. The first-order chi connectivity index (χ1) is 8.08. The molecule has 0 bridgehead atoms. The predicted molar refractivity (Wildman–Crippen MR) is 64.8 cm³/mol. The number of fused-ring (bicyclic) bond motifs is 1. The summed E-state index contributed by atoms with van der Waals surface area (Å²) in [6.07, 6.45) is 0.927. The Morgan fingerprint density at radius 1 is 1.47 bits per heavy atom. The Morgan fingerprint density at radius 2 is 2.24 bits per heavy atom. The molecule has 90 valence electrons. The molecule has 2 amide bonds. The van der Waals surface area contributed by atoms with Gasteiger partial charge in [0.15, 0.2) is 0 Å². The Balaban J connectivity index is 2.17. The molecule has 5 heteroatoms. The zero-order valence-corrected chi connectivity index (χ0v) is 9.69. The maximum Gasteiger partial charge on any atom is 0.254 e. The van der Waals surface area contributed by atoms with Gasteiger partial charge in [0.1, 0.15) is 0 Å². The molecule has 0 unspecified atom stereocenters. The molecule has 0 aromatic heterocycles. The Kier molecular flexibility index (Phi) is 2.99. The van der Waals surface area contributed by atoms with E-state index >= 15 is 0 Å². The second kappa shape index (κ2) is 4.45. The molecule has 0 atom stereocenters. The summed E-state index contributed by atoms with van der Waals surface area (Å²) in [6, 6.07) is 5.53. The molecule has 1 aliphatic rings. The van der Waals surface area contributed by atoms with E-state index in [0.29, 0.717) is 5.56 Å². The summed E-state index contributed by atoms with van der Waals surface area (Å²) in [5.41, 5.74) is 7.87. The maximum atomic E-state index is 12.0. The SMILES string of the molecule is CN(CC(N)=O)C(=O)c1ccc2c(c1)CCN2. The van der Waals surface area contributed by atoms with Crippen molar-refractivity contribution in [1.29, 1.82) is 0 Å². The Hall–Kier alpha value is -2.04. The minimum absolute atomic E-state index is 0.0613. The molecule has 1 aromatic carbocycles. The zero-order chi connectivity index (χ0) is 12.4. The number of hydrogen-bond acceptors (Lipinski definition) is 3. The van der Waals surface area contributed by atoms with Gasteiger partial charge in [0.2, 0.25) is 5.91 Å². The van der Waals surface area contributed by atoms with Crippen molar-refractivity contribution in [3.8, 4) is 0 Å². The number of amides is 2. The van der Waals surface area contributed by atoms with Crippen LogP contribution < -0.4 is 11.1 Å². The van der Waals surface area contributed by atoms with Crippen molar-refractivity contribution < 1.29 is 9.59 Å². The largest absolute Gasteiger partial charge is 0.384 e. The van der Waals surface area contributed by atoms with Crippen molar-refractivity contribution in [3.63, 3.8) is 0 Å². The smallest absolute Gasteiger partial charge is 0.254 e. The lowest BCUT2D eigenvalue weighted by Crippen LogP contribution is -2.35. The van der Waals surface area contributed by atoms with Gasteiger partial charge >= 0.3 is 0 Å². The van der Waals surface area contributed by atoms with Gasteiger partial charge in [0.05, 0.1) is 6.54 Å². The highest BCUT2D eigenvalue weighted by Gasteiger charge is 2.16. The molecule has 0 saturated carbocycles. The van der Waals surface area contributed by atoms with E-state index < -0.39 is 5.91 Å². The van der Waals surface area contributed by atoms with E-state index in [-0.39, 0.29) is 12.5 Å². The highest BCUT2D eigenvalue weighted by atomic mass is 16.2. The number of carbonyl (C=O) groups excluding carboxylic acids is 2. The molecule has 1 aliphatic heterocycles. The van der Waals surface area contributed by atoms with Crippen LogP contribution in [-0.2, 0) is 11.2 Å². The summed E-state index contributed by atoms with van der Waals surface area (Å²) in [6.45, 7) is 0.846. The van der Waals surface area contributed by atoms with E-state index in [1.807, 2.05) is 12.1 Å². The average molecular weight is 233 g/mol. The summed E-state index contributed by atoms with van der Waals surface area (Å²) in [7, 11) is 1.57. The Bertz CT molecular complexity index is 471. The second-order valence-corrected chi connectivity index (χ2v) is 4.18. The number of nitrogens with two attached hydrogens (primary N) is 1. The lowest BCUT2D eigenvalue weighted by atomic mass is 10.1. The van der Waals surface area contributed by atoms with Crippen molar-refractivity contribution in [3.05, 3.63) is 29.3 Å². The number of rotatable bonds is 3. The van der Waals surface area contributed by atoms with E-state index in [2.05, 4.69) is 5.32 Å². The molecule has 3 N–H and O–H groups in total. The number of likely N-dealkylation sites (N-methyl/N-ethyl adjacent to an activating group) is 1. The minimum atomic E-state index is -0.510. The molecule has 17 heavy (non-hydrogen) atoms. The van der Waals surface area contributed by atoms with Gasteiger partial charge in [0.25, 0.3) is 5.91 Å². The molecule has 0 radical (unpaired) electrons. The van der Waals surface area contributed by atoms with Gasteiger partial charge in [-0.3, -0.25) is 9.59 Å². The van der Waals surface area contributed by atoms with Gasteiger partial charge in [-0.25, -0.2) is 0 Å². The molecular weight excluding hydrogens is 218 g/mol. The third-order valence-electron chi connectivity index (χ3n) is 2.80. The van der Waals surface area contributed by atoms with Gasteiger partial charge in [0, 0.05) is 24.8 Å². The van der Waals surface area contributed by atoms with Crippen molar-refractivity contribution >= 4 is 17.5 Å². The fraction of sp³-hybridized carbons (Fsp3) is 0.333. The van der Waals surface area contributed by atoms with Crippen molar-refractivity contribution in [2.24, 2.45) is 5.73 Å². The van der Waals surface area contributed by atoms with Crippen LogP contribution in [0, 0.1) is 0 Å². The molecule has 0 fully saturated rings. The molecule has 0 spiro atoms. The van der Waals surface area contributed by atoms with E-state index in [1.54, 1.807) is 13.1 Å². The molecule has 0 aliphatic carbocycles. The monoisotopic (exact) mass is 233 g/mol. The van der Waals surface area contributed by atoms with E-state index in [1.165, 1.54) is 4.90 Å². The van der Waals surface area contributed by atoms with Crippen LogP contribution in [-0.4, -0.2) is 36.9 Å². The second-order valence-electron chi connectivity index (χ2n) is 4.18. The van der Waals surface area contributed by atoms with Crippen LogP contribution in [0.1, 0.15) is 15.9 Å². The van der Waals surface area contributed by atoms with Crippen LogP contribution in [0.4, 0.5) is 5.69 Å². The normalized spacial score (nSPS) is 12.8. The van der Waals surface area contributed by atoms with E-state index in [0.717, 1.165) is 24.2 Å². The zero-order valence-electron chi connectivity index (χ0n) is 9.69. The topological polar surface area (TPSA) is 75.4 Å². The molecule has 1 heterocycles. The number of nitrogens with zero attached hydrogens (tertiary/aromatic N) is 1. The fourth-order valence-corrected chi connectivity index (χ4v) is 1.96. The third-order valence-corrected chi connectivity index (χ3v) is 2.80. The summed E-state index contributed by atoms with van der Waals surface area (Å²) >= 11 is 0. The predicted octanol–water partition coefficient (Wildman–Crippen LogP) is 0.212. The highest BCUT2D eigenvalue weighted by Crippen LogP contribution is 2.23. The van der Waals surface area contributed by atoms with Crippen molar-refractivity contribution in [1.82, 2.24) is 4.90 Å². The fourth-order valence-electron chi connectivity index (χ4n) is 1.96. The number of hydrogen-bond donors (Lipinski definition) is 2. The van der Waals surface area contributed by atoms with Gasteiger partial charge in [-0.2, -0.15) is 0 Å². The first kappa shape index (κ1) is 11.4. The number of carbonyl (C=O) groups is 2. The van der Waals surface area contributed by atoms with Gasteiger partial charge in [-0.05, 0) is 30.2 Å². The standard InChI is InChI=1S/C12H15N3O2/c1-15(7-11(13)16)12(17)9-2-3-10-8(6-9)4-5-14-10/h2-3,6,14H,4-5,7H2,1H3,(H2,13,16). The summed E-state index contributed by atoms with van der Waals surface area (Å²) in [5.74, 6) is -0.692. The summed E-state index contributed by atoms with van der Waals surface area (Å²) in [5, 5.41) is 3.23. The maximum absolute atomic E-state index is 12.0. The van der Waals surface area contributed by atoms with Crippen LogP contribution >= 0.6 is 0 Å². The molecule has 0 saturated heterocycles. The number of anilines is 1. The van der Waals surface area contributed by atoms with Gasteiger partial charge in [-0.1, -0.05) is 0 Å². The summed E-state index contributed by atoms with van der Waals surface area (Å²) < 4.78 is 0. The summed E-state index contributed by atoms with van der Waals surface area (Å²) in [4.78, 5) is 24.1. The third kappa shape index (κ3) is 2.38. The van der Waals surface area contributed by atoms with E-state index in [4.69, 9.17) is 5.73 Å². The Morgan fingerprint density at radius 3 is 2.94 bits per heavy atom. The Labute approximate surface area is 99.6 Å². The minimum Gasteiger partial charge on any atom is -0.384 e. The van der Waals surface area contributed by atoms with Crippen molar-refractivity contribution in [2.45, 2.75) is 6.42 Å². The van der Waals surface area contributed by atoms with Crippen LogP contribution in [0.2, 0.25) is 0 Å². The molecular formula is C12H15N3O2. The van der Waals surface area contributed by atoms with Crippen LogP contribution in [0.5, 0.6) is 0 Å². The molecule has 5 nitrogen and oxygen atoms in total. The molecule has 1 aromatic rings. The van der Waals surface area contributed by atoms with Crippen LogP contribution in [0.15, 0.2) is 18.2 Å². The van der Waals surface area contributed by atoms with Crippen LogP contribution in [0.3, 0.4) is 0 Å². The first-order valence-electron chi connectivity index (χ1n) is 5.48. The van der Waals surface area contributed by atoms with Crippen molar-refractivity contribution in [2.75, 3.05) is 25.5 Å². The van der Waals surface area contributed by atoms with E-state index in [9.17, 15) is 9.59 Å². The van der Waals surface area contributed by atoms with Gasteiger partial charge in [-0.15, -0.1) is 0 Å². The number of primary amides is 1. The number of nitrogens with one attached hydrogen (secondary N) is 1. The van der Waals surface area contributed by atoms with Crippen LogP contribution in [0.25, 0.3) is 0 Å². The highest BCUT2D eigenvalue weighted by molar-refractivity contribution is 5.96. The lowest BCUT2D eigenvalue weighted by molar-refractivity contribution is -0.118. The number of benzene rings is 1. The first-order valence-corrected chi connectivity index (χ1v) is 5.48.